The fourth-order valence-corrected chi connectivity index (χ4v) is 4.58. The van der Waals surface area contributed by atoms with E-state index in [1.54, 1.807) is 0 Å². The standard InChI is InChI=1S/C30H34F3N5O13/c1-12(2)25(38-26(47)17(6-7-21(40)41)36-28(49)18(10-22(42)43)34-13(3)39)29(50)37-19(11-23(44)45)27(48)35-14-4-5-15-16(30(31,32)33)9-24(46)51-20(15)8-14/h4-5,8-9,12,17-19,25H,6-7,10-11H2,1-3H3,(H,34,39)(H,35,48)(H,36,49)(H,37,50)(H,38,47)(H,40,41)(H,42,43)(H,44,45). The van der Waals surface area contributed by atoms with Gasteiger partial charge in [-0.15, -0.1) is 0 Å². The highest BCUT2D eigenvalue weighted by Gasteiger charge is 2.35. The lowest BCUT2D eigenvalue weighted by Gasteiger charge is -2.27. The number of carboxylic acid groups (broad SMARTS) is 3. The van der Waals surface area contributed by atoms with Gasteiger partial charge >= 0.3 is 29.7 Å². The molecule has 4 atom stereocenters. The molecule has 0 saturated heterocycles. The van der Waals surface area contributed by atoms with E-state index in [2.05, 4.69) is 26.6 Å². The van der Waals surface area contributed by atoms with Crippen molar-refractivity contribution >= 4 is 64.1 Å². The summed E-state index contributed by atoms with van der Waals surface area (Å²) in [6, 6.07) is -3.73. The largest absolute Gasteiger partial charge is 0.481 e. The van der Waals surface area contributed by atoms with Crippen LogP contribution in [0.4, 0.5) is 18.9 Å². The van der Waals surface area contributed by atoms with Crippen molar-refractivity contribution in [2.45, 2.75) is 76.8 Å². The number of fused-ring (bicyclic) bond motifs is 1. The second kappa shape index (κ2) is 17.6. The molecule has 4 unspecified atom stereocenters. The molecule has 278 valence electrons. The van der Waals surface area contributed by atoms with Gasteiger partial charge in [-0.05, 0) is 24.5 Å². The molecule has 2 rings (SSSR count). The van der Waals surface area contributed by atoms with Crippen molar-refractivity contribution in [2.24, 2.45) is 5.92 Å². The molecule has 21 heteroatoms. The minimum Gasteiger partial charge on any atom is -0.481 e. The summed E-state index contributed by atoms with van der Waals surface area (Å²) in [5.41, 5.74) is -3.45. The highest BCUT2D eigenvalue weighted by atomic mass is 19.4. The number of hydrogen-bond donors (Lipinski definition) is 8. The zero-order valence-electron chi connectivity index (χ0n) is 27.1. The van der Waals surface area contributed by atoms with Crippen LogP contribution in [-0.2, 0) is 44.5 Å². The van der Waals surface area contributed by atoms with E-state index in [0.29, 0.717) is 0 Å². The number of hydrogen-bond acceptors (Lipinski definition) is 10. The Morgan fingerprint density at radius 2 is 1.29 bits per heavy atom. The minimum absolute atomic E-state index is 0.243. The van der Waals surface area contributed by atoms with E-state index in [-0.39, 0.29) is 11.8 Å². The lowest BCUT2D eigenvalue weighted by Crippen LogP contribution is -2.59. The predicted octanol–water partition coefficient (Wildman–Crippen LogP) is 0.180. The third-order valence-corrected chi connectivity index (χ3v) is 6.93. The highest BCUT2D eigenvalue weighted by molar-refractivity contribution is 6.01. The Bertz CT molecular complexity index is 1740. The van der Waals surface area contributed by atoms with Gasteiger partial charge in [0.1, 0.15) is 29.8 Å². The van der Waals surface area contributed by atoms with Crippen LogP contribution in [0.15, 0.2) is 33.5 Å². The number of carboxylic acids is 3. The number of nitrogens with one attached hydrogen (secondary N) is 5. The average molecular weight is 730 g/mol. The van der Waals surface area contributed by atoms with Crippen molar-refractivity contribution in [3.8, 4) is 0 Å². The molecule has 0 aliphatic heterocycles. The summed E-state index contributed by atoms with van der Waals surface area (Å²) >= 11 is 0. The number of rotatable bonds is 17. The maximum atomic E-state index is 13.4. The first kappa shape index (κ1) is 41.2. The number of aliphatic carboxylic acids is 3. The van der Waals surface area contributed by atoms with Crippen LogP contribution in [0.25, 0.3) is 11.0 Å². The molecule has 0 aliphatic carbocycles. The number of benzene rings is 1. The first-order valence-electron chi connectivity index (χ1n) is 14.9. The SMILES string of the molecule is CC(=O)NC(CC(=O)O)C(=O)NC(CCC(=O)O)C(=O)NC(C(=O)NC(CC(=O)O)C(=O)Nc1ccc2c(C(F)(F)F)cc(=O)oc2c1)C(C)C. The molecule has 8 N–H and O–H groups in total. The molecule has 5 amide bonds. The van der Waals surface area contributed by atoms with Crippen molar-refractivity contribution < 1.29 is 71.3 Å². The van der Waals surface area contributed by atoms with Gasteiger partial charge in [0.05, 0.1) is 18.4 Å². The summed E-state index contributed by atoms with van der Waals surface area (Å²) < 4.78 is 45.0. The monoisotopic (exact) mass is 729 g/mol. The first-order chi connectivity index (χ1) is 23.6. The zero-order chi connectivity index (χ0) is 38.8. The van der Waals surface area contributed by atoms with Gasteiger partial charge in [-0.1, -0.05) is 13.8 Å². The van der Waals surface area contributed by atoms with Gasteiger partial charge < -0.3 is 46.3 Å². The van der Waals surface area contributed by atoms with Crippen molar-refractivity contribution in [1.29, 1.82) is 0 Å². The van der Waals surface area contributed by atoms with Gasteiger partial charge in [0.2, 0.25) is 29.5 Å². The molecule has 1 aromatic carbocycles. The third kappa shape index (κ3) is 12.7. The van der Waals surface area contributed by atoms with E-state index < -0.39 is 132 Å². The molecular formula is C30H34F3N5O13. The molecule has 1 aromatic heterocycles. The molecule has 0 fully saturated rings. The van der Waals surface area contributed by atoms with Crippen LogP contribution in [0.3, 0.4) is 0 Å². The second-order valence-corrected chi connectivity index (χ2v) is 11.4. The molecule has 0 spiro atoms. The molecule has 0 aliphatic rings. The van der Waals surface area contributed by atoms with Crippen LogP contribution in [-0.4, -0.2) is 86.9 Å². The number of anilines is 1. The summed E-state index contributed by atoms with van der Waals surface area (Å²) in [5.74, 6) is -10.6. The Morgan fingerprint density at radius 1 is 0.745 bits per heavy atom. The molecule has 18 nitrogen and oxygen atoms in total. The fourth-order valence-electron chi connectivity index (χ4n) is 4.58. The normalized spacial score (nSPS) is 13.6. The number of carbonyl (C=O) groups excluding carboxylic acids is 5. The summed E-state index contributed by atoms with van der Waals surface area (Å²) in [6.07, 6.45) is -8.08. The Labute approximate surface area is 285 Å². The molecule has 1 heterocycles. The summed E-state index contributed by atoms with van der Waals surface area (Å²) in [5, 5.41) is 38.0. The van der Waals surface area contributed by atoms with Crippen LogP contribution in [0.1, 0.15) is 52.0 Å². The maximum Gasteiger partial charge on any atom is 0.417 e. The fraction of sp³-hybridized carbons (Fsp3) is 0.433. The summed E-state index contributed by atoms with van der Waals surface area (Å²) in [4.78, 5) is 110. The Kier molecular flexibility index (Phi) is 14.2. The lowest BCUT2D eigenvalue weighted by atomic mass is 10.0. The van der Waals surface area contributed by atoms with Crippen molar-refractivity contribution in [3.63, 3.8) is 0 Å². The lowest BCUT2D eigenvalue weighted by molar-refractivity contribution is -0.142. The van der Waals surface area contributed by atoms with Crippen LogP contribution in [0.2, 0.25) is 0 Å². The van der Waals surface area contributed by atoms with Crippen LogP contribution in [0, 0.1) is 5.92 Å². The number of alkyl halides is 3. The quantitative estimate of drug-likeness (QED) is 0.101. The van der Waals surface area contributed by atoms with Gasteiger partial charge in [0.15, 0.2) is 0 Å². The third-order valence-electron chi connectivity index (χ3n) is 6.93. The Balaban J connectivity index is 2.31. The van der Waals surface area contributed by atoms with Crippen molar-refractivity contribution in [1.82, 2.24) is 21.3 Å². The van der Waals surface area contributed by atoms with Gasteiger partial charge in [0, 0.05) is 36.6 Å². The molecule has 51 heavy (non-hydrogen) atoms. The van der Waals surface area contributed by atoms with E-state index >= 15 is 0 Å². The number of carbonyl (C=O) groups is 8. The van der Waals surface area contributed by atoms with Gasteiger partial charge in [-0.3, -0.25) is 38.4 Å². The Morgan fingerprint density at radius 3 is 1.80 bits per heavy atom. The van der Waals surface area contributed by atoms with E-state index in [9.17, 15) is 61.4 Å². The summed E-state index contributed by atoms with van der Waals surface area (Å²) in [7, 11) is 0. The smallest absolute Gasteiger partial charge is 0.417 e. The van der Waals surface area contributed by atoms with Gasteiger partial charge in [-0.25, -0.2) is 4.79 Å². The van der Waals surface area contributed by atoms with E-state index in [1.807, 2.05) is 0 Å². The summed E-state index contributed by atoms with van der Waals surface area (Å²) in [6.45, 7) is 3.85. The molecular weight excluding hydrogens is 695 g/mol. The van der Waals surface area contributed by atoms with Crippen molar-refractivity contribution in [3.05, 3.63) is 40.2 Å². The first-order valence-corrected chi connectivity index (χ1v) is 14.9. The van der Waals surface area contributed by atoms with E-state index in [4.69, 9.17) is 14.6 Å². The second-order valence-electron chi connectivity index (χ2n) is 11.4. The van der Waals surface area contributed by atoms with Crippen LogP contribution in [0.5, 0.6) is 0 Å². The number of amides is 5. The van der Waals surface area contributed by atoms with Gasteiger partial charge in [-0.2, -0.15) is 13.2 Å². The van der Waals surface area contributed by atoms with Crippen molar-refractivity contribution in [2.75, 3.05) is 5.32 Å². The maximum absolute atomic E-state index is 13.4. The van der Waals surface area contributed by atoms with E-state index in [0.717, 1.165) is 25.1 Å². The van der Waals surface area contributed by atoms with Gasteiger partial charge in [0.25, 0.3) is 0 Å². The molecule has 0 radical (unpaired) electrons. The molecule has 2 aromatic rings. The topological polar surface area (TPSA) is 288 Å². The average Bonchev–Trinajstić information content (AvgIpc) is 2.98. The number of halogens is 3. The molecule has 0 bridgehead atoms. The zero-order valence-corrected chi connectivity index (χ0v) is 27.1. The highest BCUT2D eigenvalue weighted by Crippen LogP contribution is 2.34. The molecule has 0 saturated carbocycles. The predicted molar refractivity (Wildman–Crippen MR) is 166 cm³/mol. The Hall–Kier alpha value is -6.02. The van der Waals surface area contributed by atoms with Crippen LogP contribution >= 0.6 is 0 Å². The van der Waals surface area contributed by atoms with Crippen LogP contribution < -0.4 is 32.2 Å². The van der Waals surface area contributed by atoms with E-state index in [1.165, 1.54) is 13.8 Å². The minimum atomic E-state index is -4.92.